The van der Waals surface area contributed by atoms with Crippen molar-refractivity contribution >= 4 is 15.8 Å². The molecule has 1 aromatic rings. The number of hydrogen-bond acceptors (Lipinski definition) is 6. The quantitative estimate of drug-likeness (QED) is 0.777. The number of esters is 1. The van der Waals surface area contributed by atoms with Crippen LogP contribution in [-0.2, 0) is 25.1 Å². The normalized spacial score (nSPS) is 19.6. The first-order chi connectivity index (χ1) is 8.90. The van der Waals surface area contributed by atoms with Crippen molar-refractivity contribution in [2.24, 2.45) is 0 Å². The second kappa shape index (κ2) is 4.73. The summed E-state index contributed by atoms with van der Waals surface area (Å²) < 4.78 is 39.4. The first-order valence-electron chi connectivity index (χ1n) is 5.53. The molecule has 1 aliphatic heterocycles. The van der Waals surface area contributed by atoms with Crippen molar-refractivity contribution in [3.63, 3.8) is 0 Å². The van der Waals surface area contributed by atoms with E-state index in [0.717, 1.165) is 0 Å². The maximum Gasteiger partial charge on any atom is 0.304 e. The minimum Gasteiger partial charge on any atom is -0.496 e. The highest BCUT2D eigenvalue weighted by Gasteiger charge is 2.43. The molecule has 6 nitrogen and oxygen atoms in total. The Hall–Kier alpha value is -1.76. The van der Waals surface area contributed by atoms with Crippen LogP contribution in [0.2, 0.25) is 0 Å². The van der Waals surface area contributed by atoms with E-state index in [-0.39, 0.29) is 5.75 Å². The topological polar surface area (TPSA) is 78.9 Å². The lowest BCUT2D eigenvalue weighted by Crippen LogP contribution is -2.14. The van der Waals surface area contributed by atoms with Gasteiger partial charge in [-0.25, -0.2) is 8.42 Å². The fourth-order valence-corrected chi connectivity index (χ4v) is 3.89. The molecule has 1 atom stereocenters. The molecule has 0 saturated heterocycles. The van der Waals surface area contributed by atoms with Gasteiger partial charge >= 0.3 is 5.97 Å². The monoisotopic (exact) mass is 286 g/mol. The maximum absolute atomic E-state index is 12.1. The van der Waals surface area contributed by atoms with E-state index in [2.05, 4.69) is 0 Å². The number of rotatable bonds is 3. The summed E-state index contributed by atoms with van der Waals surface area (Å²) in [6, 6.07) is 3.22. The zero-order chi connectivity index (χ0) is 14.2. The molecule has 0 fully saturated rings. The number of benzene rings is 1. The molecule has 19 heavy (non-hydrogen) atoms. The van der Waals surface area contributed by atoms with Crippen LogP contribution in [0.3, 0.4) is 0 Å². The van der Waals surface area contributed by atoms with Gasteiger partial charge < -0.3 is 14.2 Å². The second-order valence-corrected chi connectivity index (χ2v) is 6.15. The van der Waals surface area contributed by atoms with Crippen molar-refractivity contribution in [3.8, 4) is 11.5 Å². The van der Waals surface area contributed by atoms with Crippen LogP contribution in [-0.4, -0.2) is 28.6 Å². The molecule has 104 valence electrons. The van der Waals surface area contributed by atoms with Gasteiger partial charge in [-0.1, -0.05) is 0 Å². The van der Waals surface area contributed by atoms with Crippen LogP contribution in [0.1, 0.15) is 23.5 Å². The Morgan fingerprint density at radius 2 is 1.79 bits per heavy atom. The van der Waals surface area contributed by atoms with Gasteiger partial charge in [0.05, 0.1) is 25.5 Å². The molecular formula is C12H14O6S. The minimum absolute atomic E-state index is 0.235. The van der Waals surface area contributed by atoms with Gasteiger partial charge in [0.25, 0.3) is 0 Å². The summed E-state index contributed by atoms with van der Waals surface area (Å²) in [4.78, 5) is 11.1. The van der Waals surface area contributed by atoms with Gasteiger partial charge in [-0.15, -0.1) is 0 Å². The van der Waals surface area contributed by atoms with E-state index in [9.17, 15) is 13.2 Å². The number of carbonyl (C=O) groups excluding carboxylic acids is 1. The van der Waals surface area contributed by atoms with Crippen LogP contribution in [0.5, 0.6) is 11.5 Å². The molecule has 0 saturated carbocycles. The number of sulfone groups is 1. The first kappa shape index (κ1) is 13.7. The van der Waals surface area contributed by atoms with E-state index >= 15 is 0 Å². The number of ether oxygens (including phenoxy) is 3. The third-order valence-corrected chi connectivity index (χ3v) is 4.57. The van der Waals surface area contributed by atoms with Crippen LogP contribution in [0.4, 0.5) is 0 Å². The van der Waals surface area contributed by atoms with E-state index in [4.69, 9.17) is 14.2 Å². The van der Waals surface area contributed by atoms with Gasteiger partial charge in [0.2, 0.25) is 5.44 Å². The number of hydrogen-bond donors (Lipinski definition) is 0. The molecule has 0 N–H and O–H groups in total. The van der Waals surface area contributed by atoms with Crippen molar-refractivity contribution in [1.29, 1.82) is 0 Å². The van der Waals surface area contributed by atoms with E-state index < -0.39 is 21.2 Å². The highest BCUT2D eigenvalue weighted by molar-refractivity contribution is 7.91. The van der Waals surface area contributed by atoms with Gasteiger partial charge in [0.1, 0.15) is 11.5 Å². The predicted molar refractivity (Wildman–Crippen MR) is 66.7 cm³/mol. The van der Waals surface area contributed by atoms with Crippen LogP contribution in [0.25, 0.3) is 0 Å². The summed E-state index contributed by atoms with van der Waals surface area (Å²) in [6.07, 6.45) is 0. The molecule has 1 heterocycles. The molecule has 7 heteroatoms. The van der Waals surface area contributed by atoms with Crippen LogP contribution < -0.4 is 9.47 Å². The molecule has 0 radical (unpaired) electrons. The standard InChI is InChI=1S/C12H14O6S/c1-7(13)18-12-11-8(6-19(12,14)15)9(16-2)4-5-10(11)17-3/h4-5,12H,6H2,1-3H3. The summed E-state index contributed by atoms with van der Waals surface area (Å²) in [5.41, 5.74) is -0.504. The van der Waals surface area contributed by atoms with E-state index in [1.165, 1.54) is 21.1 Å². The molecule has 1 aliphatic rings. The Bertz CT molecular complexity index is 619. The maximum atomic E-state index is 12.1. The third-order valence-electron chi connectivity index (χ3n) is 2.89. The Balaban J connectivity index is 2.65. The molecule has 0 amide bonds. The van der Waals surface area contributed by atoms with Crippen molar-refractivity contribution in [2.75, 3.05) is 14.2 Å². The van der Waals surface area contributed by atoms with Crippen molar-refractivity contribution < 1.29 is 27.4 Å². The minimum atomic E-state index is -3.61. The zero-order valence-corrected chi connectivity index (χ0v) is 11.6. The average Bonchev–Trinajstić information content (AvgIpc) is 2.60. The number of methoxy groups -OCH3 is 2. The summed E-state index contributed by atoms with van der Waals surface area (Å²) in [6.45, 7) is 1.17. The number of fused-ring (bicyclic) bond motifs is 1. The number of carbonyl (C=O) groups is 1. The zero-order valence-electron chi connectivity index (χ0n) is 10.8. The lowest BCUT2D eigenvalue weighted by Gasteiger charge is -2.15. The Labute approximate surface area is 111 Å². The van der Waals surface area contributed by atoms with Crippen LogP contribution in [0.15, 0.2) is 12.1 Å². The Morgan fingerprint density at radius 3 is 2.32 bits per heavy atom. The van der Waals surface area contributed by atoms with E-state index in [1.54, 1.807) is 12.1 Å². The lowest BCUT2D eigenvalue weighted by molar-refractivity contribution is -0.142. The summed E-state index contributed by atoms with van der Waals surface area (Å²) in [5.74, 6) is -0.0934. The van der Waals surface area contributed by atoms with Crippen molar-refractivity contribution in [1.82, 2.24) is 0 Å². The third kappa shape index (κ3) is 2.25. The molecule has 0 bridgehead atoms. The van der Waals surface area contributed by atoms with Gasteiger partial charge in [-0.3, -0.25) is 4.79 Å². The molecule has 1 aromatic carbocycles. The summed E-state index contributed by atoms with van der Waals surface area (Å²) in [7, 11) is -0.729. The predicted octanol–water partition coefficient (Wildman–Crippen LogP) is 1.19. The molecule has 0 aliphatic carbocycles. The van der Waals surface area contributed by atoms with Gasteiger partial charge in [0.15, 0.2) is 9.84 Å². The second-order valence-electron chi connectivity index (χ2n) is 4.11. The van der Waals surface area contributed by atoms with Gasteiger partial charge in [-0.2, -0.15) is 0 Å². The van der Waals surface area contributed by atoms with Gasteiger partial charge in [-0.05, 0) is 12.1 Å². The Morgan fingerprint density at radius 1 is 1.21 bits per heavy atom. The van der Waals surface area contributed by atoms with E-state index in [0.29, 0.717) is 22.6 Å². The van der Waals surface area contributed by atoms with Crippen LogP contribution in [0, 0.1) is 0 Å². The molecule has 0 aromatic heterocycles. The largest absolute Gasteiger partial charge is 0.496 e. The van der Waals surface area contributed by atoms with E-state index in [1.807, 2.05) is 0 Å². The summed E-state index contributed by atoms with van der Waals surface area (Å²) in [5, 5.41) is 0. The lowest BCUT2D eigenvalue weighted by atomic mass is 10.1. The fraction of sp³-hybridized carbons (Fsp3) is 0.417. The van der Waals surface area contributed by atoms with Crippen molar-refractivity contribution in [2.45, 2.75) is 18.1 Å². The van der Waals surface area contributed by atoms with Crippen LogP contribution >= 0.6 is 0 Å². The highest BCUT2D eigenvalue weighted by atomic mass is 32.2. The average molecular weight is 286 g/mol. The highest BCUT2D eigenvalue weighted by Crippen LogP contribution is 2.46. The van der Waals surface area contributed by atoms with Crippen molar-refractivity contribution in [3.05, 3.63) is 23.3 Å². The SMILES string of the molecule is COc1ccc(OC)c2c1CS(=O)(=O)C2OC(C)=O. The molecule has 2 rings (SSSR count). The molecule has 0 spiro atoms. The first-order valence-corrected chi connectivity index (χ1v) is 7.24. The molecular weight excluding hydrogens is 272 g/mol. The summed E-state index contributed by atoms with van der Waals surface area (Å²) >= 11 is 0. The molecule has 1 unspecified atom stereocenters. The fourth-order valence-electron chi connectivity index (χ4n) is 2.14. The smallest absolute Gasteiger partial charge is 0.304 e. The Kier molecular flexibility index (Phi) is 3.40. The van der Waals surface area contributed by atoms with Gasteiger partial charge in [0, 0.05) is 12.5 Å².